The fraction of sp³-hybridized carbons (Fsp3) is 1.00. The monoisotopic (exact) mass is 249 g/mol. The van der Waals surface area contributed by atoms with Gasteiger partial charge in [0, 0.05) is 24.4 Å². The van der Waals surface area contributed by atoms with E-state index < -0.39 is 6.10 Å². The van der Waals surface area contributed by atoms with Crippen LogP contribution in [0.1, 0.15) is 27.7 Å². The van der Waals surface area contributed by atoms with Crippen LogP contribution in [0.3, 0.4) is 0 Å². The summed E-state index contributed by atoms with van der Waals surface area (Å²) >= 11 is 1.83. The normalized spacial score (nSPS) is 14.4. The average Bonchev–Trinajstić information content (AvgIpc) is 2.17. The number of aliphatic hydroxyl groups is 1. The lowest BCUT2D eigenvalue weighted by molar-refractivity contribution is 0.0261. The maximum absolute atomic E-state index is 9.64. The van der Waals surface area contributed by atoms with E-state index in [1.165, 1.54) is 0 Å². The quantitative estimate of drug-likeness (QED) is 0.653. The zero-order valence-electron chi connectivity index (χ0n) is 11.2. The lowest BCUT2D eigenvalue weighted by atomic mass is 10.2. The molecule has 0 radical (unpaired) electrons. The van der Waals surface area contributed by atoms with E-state index in [0.29, 0.717) is 25.7 Å². The number of hydrogen-bond acceptors (Lipinski definition) is 4. The molecule has 0 aliphatic rings. The van der Waals surface area contributed by atoms with Gasteiger partial charge in [-0.15, -0.1) is 0 Å². The summed E-state index contributed by atoms with van der Waals surface area (Å²) in [6.07, 6.45) is 1.69. The molecule has 0 aromatic heterocycles. The summed E-state index contributed by atoms with van der Waals surface area (Å²) in [5, 5.41) is 12.9. The van der Waals surface area contributed by atoms with Crippen LogP contribution >= 0.6 is 11.8 Å². The van der Waals surface area contributed by atoms with E-state index in [-0.39, 0.29) is 4.75 Å². The van der Waals surface area contributed by atoms with Gasteiger partial charge in [-0.25, -0.2) is 0 Å². The molecule has 16 heavy (non-hydrogen) atoms. The molecular formula is C12H27NO2S. The summed E-state index contributed by atoms with van der Waals surface area (Å²) in [4.78, 5) is 0. The molecule has 0 aromatic carbocycles. The summed E-state index contributed by atoms with van der Waals surface area (Å²) < 4.78 is 5.59. The van der Waals surface area contributed by atoms with Crippen LogP contribution in [0.25, 0.3) is 0 Å². The minimum Gasteiger partial charge on any atom is -0.389 e. The van der Waals surface area contributed by atoms with E-state index in [1.54, 1.807) is 0 Å². The molecule has 0 bridgehead atoms. The van der Waals surface area contributed by atoms with Gasteiger partial charge in [0.05, 0.1) is 12.7 Å². The van der Waals surface area contributed by atoms with Crippen molar-refractivity contribution < 1.29 is 9.84 Å². The van der Waals surface area contributed by atoms with E-state index in [2.05, 4.69) is 39.3 Å². The molecule has 0 heterocycles. The zero-order valence-corrected chi connectivity index (χ0v) is 12.1. The molecule has 0 aliphatic carbocycles. The van der Waals surface area contributed by atoms with Crippen molar-refractivity contribution in [2.24, 2.45) is 5.92 Å². The topological polar surface area (TPSA) is 41.5 Å². The minimum absolute atomic E-state index is 0.221. The van der Waals surface area contributed by atoms with Crippen molar-refractivity contribution in [1.82, 2.24) is 5.32 Å². The van der Waals surface area contributed by atoms with Gasteiger partial charge < -0.3 is 15.2 Å². The van der Waals surface area contributed by atoms with Gasteiger partial charge in [-0.1, -0.05) is 13.8 Å². The molecule has 0 amide bonds. The molecular weight excluding hydrogens is 222 g/mol. The second-order valence-electron chi connectivity index (χ2n) is 5.18. The third kappa shape index (κ3) is 9.46. The Balaban J connectivity index is 3.47. The molecule has 0 fully saturated rings. The second kappa shape index (κ2) is 8.34. The third-order valence-corrected chi connectivity index (χ3v) is 3.49. The Labute approximate surface area is 104 Å². The fourth-order valence-corrected chi connectivity index (χ4v) is 1.36. The summed E-state index contributed by atoms with van der Waals surface area (Å²) in [5.74, 6) is 0.524. The van der Waals surface area contributed by atoms with Crippen LogP contribution in [-0.4, -0.2) is 48.5 Å². The molecule has 0 saturated carbocycles. The van der Waals surface area contributed by atoms with Crippen molar-refractivity contribution in [2.75, 3.05) is 32.6 Å². The largest absolute Gasteiger partial charge is 0.389 e. The Hall–Kier alpha value is 0.230. The van der Waals surface area contributed by atoms with Crippen molar-refractivity contribution >= 4 is 11.8 Å². The number of thioether (sulfide) groups is 1. The molecule has 0 aliphatic heterocycles. The molecule has 1 atom stereocenters. The summed E-state index contributed by atoms with van der Waals surface area (Å²) in [7, 11) is 0. The Morgan fingerprint density at radius 2 is 1.94 bits per heavy atom. The van der Waals surface area contributed by atoms with Gasteiger partial charge >= 0.3 is 0 Å². The number of ether oxygens (including phenoxy) is 1. The number of hydrogen-bond donors (Lipinski definition) is 2. The Morgan fingerprint density at radius 1 is 1.31 bits per heavy atom. The van der Waals surface area contributed by atoms with Crippen molar-refractivity contribution in [1.29, 1.82) is 0 Å². The molecule has 2 N–H and O–H groups in total. The molecule has 1 unspecified atom stereocenters. The summed E-state index contributed by atoms with van der Waals surface area (Å²) in [6, 6.07) is 0. The molecule has 3 nitrogen and oxygen atoms in total. The lowest BCUT2D eigenvalue weighted by Crippen LogP contribution is -2.38. The Morgan fingerprint density at radius 3 is 2.44 bits per heavy atom. The van der Waals surface area contributed by atoms with E-state index >= 15 is 0 Å². The van der Waals surface area contributed by atoms with Crippen molar-refractivity contribution in [3.8, 4) is 0 Å². The van der Waals surface area contributed by atoms with Gasteiger partial charge in [0.2, 0.25) is 0 Å². The smallest absolute Gasteiger partial charge is 0.0897 e. The molecule has 0 saturated heterocycles. The first kappa shape index (κ1) is 16.2. The predicted octanol–water partition coefficient (Wildman–Crippen LogP) is 1.75. The van der Waals surface area contributed by atoms with E-state index in [9.17, 15) is 5.11 Å². The number of nitrogens with one attached hydrogen (secondary N) is 1. The average molecular weight is 249 g/mol. The van der Waals surface area contributed by atoms with Gasteiger partial charge in [-0.2, -0.15) is 11.8 Å². The van der Waals surface area contributed by atoms with Gasteiger partial charge in [-0.3, -0.25) is 0 Å². The maximum atomic E-state index is 9.64. The van der Waals surface area contributed by atoms with Crippen LogP contribution in [0.15, 0.2) is 0 Å². The minimum atomic E-state index is -0.406. The van der Waals surface area contributed by atoms with Crippen LogP contribution in [-0.2, 0) is 4.74 Å². The predicted molar refractivity (Wildman–Crippen MR) is 72.1 cm³/mol. The van der Waals surface area contributed by atoms with Crippen molar-refractivity contribution in [2.45, 2.75) is 38.5 Å². The van der Waals surface area contributed by atoms with Crippen molar-refractivity contribution in [3.63, 3.8) is 0 Å². The number of rotatable bonds is 9. The molecule has 0 spiro atoms. The van der Waals surface area contributed by atoms with Gasteiger partial charge in [0.1, 0.15) is 0 Å². The van der Waals surface area contributed by atoms with E-state index in [0.717, 1.165) is 6.54 Å². The fourth-order valence-electron chi connectivity index (χ4n) is 1.11. The van der Waals surface area contributed by atoms with E-state index in [4.69, 9.17) is 4.74 Å². The first-order valence-corrected chi connectivity index (χ1v) is 7.11. The first-order valence-electron chi connectivity index (χ1n) is 5.89. The lowest BCUT2D eigenvalue weighted by Gasteiger charge is -2.23. The van der Waals surface area contributed by atoms with Crippen LogP contribution in [0, 0.1) is 5.92 Å². The highest BCUT2D eigenvalue weighted by atomic mass is 32.2. The van der Waals surface area contributed by atoms with Crippen LogP contribution in [0.5, 0.6) is 0 Å². The standard InChI is InChI=1S/C12H27NO2S/c1-10(2)7-15-8-11(14)6-13-9-12(3,4)16-5/h10-11,13-14H,6-9H2,1-5H3. The zero-order chi connectivity index (χ0) is 12.6. The van der Waals surface area contributed by atoms with Crippen LogP contribution in [0.2, 0.25) is 0 Å². The van der Waals surface area contributed by atoms with Crippen LogP contribution < -0.4 is 5.32 Å². The highest BCUT2D eigenvalue weighted by molar-refractivity contribution is 7.99. The maximum Gasteiger partial charge on any atom is 0.0897 e. The molecule has 0 aromatic rings. The second-order valence-corrected chi connectivity index (χ2v) is 6.69. The van der Waals surface area contributed by atoms with Gasteiger partial charge in [0.25, 0.3) is 0 Å². The van der Waals surface area contributed by atoms with E-state index in [1.807, 2.05) is 11.8 Å². The number of aliphatic hydroxyl groups excluding tert-OH is 1. The molecule has 4 heteroatoms. The first-order chi connectivity index (χ1) is 7.37. The summed E-state index contributed by atoms with van der Waals surface area (Å²) in [6.45, 7) is 11.2. The van der Waals surface area contributed by atoms with Crippen molar-refractivity contribution in [3.05, 3.63) is 0 Å². The molecule has 98 valence electrons. The highest BCUT2D eigenvalue weighted by Crippen LogP contribution is 2.19. The Kier molecular flexibility index (Phi) is 8.46. The highest BCUT2D eigenvalue weighted by Gasteiger charge is 2.15. The van der Waals surface area contributed by atoms with Gasteiger partial charge in [0.15, 0.2) is 0 Å². The SMILES string of the molecule is CSC(C)(C)CNCC(O)COCC(C)C. The Bertz CT molecular complexity index is 174. The van der Waals surface area contributed by atoms with Gasteiger partial charge in [-0.05, 0) is 26.0 Å². The third-order valence-electron chi connectivity index (χ3n) is 2.24. The summed E-state index contributed by atoms with van der Waals surface area (Å²) in [5.41, 5.74) is 0. The van der Waals surface area contributed by atoms with Crippen LogP contribution in [0.4, 0.5) is 0 Å². The molecule has 0 rings (SSSR count).